The number of thiophene rings is 1. The third-order valence-corrected chi connectivity index (χ3v) is 6.20. The summed E-state index contributed by atoms with van der Waals surface area (Å²) in [5, 5.41) is 7.00. The Balaban J connectivity index is 1.75. The highest BCUT2D eigenvalue weighted by atomic mass is 35.5. The number of benzene rings is 1. The monoisotopic (exact) mass is 462 g/mol. The van der Waals surface area contributed by atoms with E-state index in [4.69, 9.17) is 17.3 Å². The number of hydrogen-bond acceptors (Lipinski definition) is 5. The van der Waals surface area contributed by atoms with Crippen LogP contribution in [0.4, 0.5) is 0 Å². The summed E-state index contributed by atoms with van der Waals surface area (Å²) in [6.45, 7) is 1.97. The summed E-state index contributed by atoms with van der Waals surface area (Å²) < 4.78 is 0.530. The minimum absolute atomic E-state index is 0.129. The van der Waals surface area contributed by atoms with Gasteiger partial charge in [-0.05, 0) is 11.6 Å². The lowest BCUT2D eigenvalue weighted by atomic mass is 9.94. The van der Waals surface area contributed by atoms with Crippen molar-refractivity contribution in [3.05, 3.63) is 57.2 Å². The van der Waals surface area contributed by atoms with E-state index in [1.54, 1.807) is 16.3 Å². The van der Waals surface area contributed by atoms with Crippen molar-refractivity contribution in [1.29, 1.82) is 0 Å². The van der Waals surface area contributed by atoms with Crippen LogP contribution in [-0.2, 0) is 14.4 Å². The molecule has 2 heterocycles. The lowest BCUT2D eigenvalue weighted by Gasteiger charge is -2.21. The van der Waals surface area contributed by atoms with Crippen LogP contribution in [0.1, 0.15) is 35.2 Å². The molecule has 164 valence electrons. The molecule has 1 aliphatic heterocycles. The number of carbonyl (C=O) groups is 4. The van der Waals surface area contributed by atoms with Crippen LogP contribution in [0.3, 0.4) is 0 Å². The molecule has 1 saturated heterocycles. The molecule has 0 saturated carbocycles. The lowest BCUT2D eigenvalue weighted by molar-refractivity contribution is -0.129. The highest BCUT2D eigenvalue weighted by Gasteiger charge is 2.38. The first kappa shape index (κ1) is 22.8. The molecule has 1 aromatic heterocycles. The topological polar surface area (TPSA) is 122 Å². The van der Waals surface area contributed by atoms with Crippen molar-refractivity contribution in [1.82, 2.24) is 15.5 Å². The fraction of sp³-hybridized carbons (Fsp3) is 0.333. The third kappa shape index (κ3) is 5.83. The van der Waals surface area contributed by atoms with Gasteiger partial charge < -0.3 is 21.3 Å². The Morgan fingerprint density at radius 2 is 1.94 bits per heavy atom. The molecule has 1 aromatic carbocycles. The minimum Gasteiger partial charge on any atom is -0.368 e. The van der Waals surface area contributed by atoms with Crippen molar-refractivity contribution in [2.24, 2.45) is 5.73 Å². The molecule has 0 spiro atoms. The number of nitrogens with zero attached hydrogens (tertiary/aromatic N) is 1. The van der Waals surface area contributed by atoms with Gasteiger partial charge in [0.1, 0.15) is 6.04 Å². The van der Waals surface area contributed by atoms with Gasteiger partial charge in [0.2, 0.25) is 17.7 Å². The summed E-state index contributed by atoms with van der Waals surface area (Å²) in [4.78, 5) is 50.1. The van der Waals surface area contributed by atoms with Gasteiger partial charge in [-0.25, -0.2) is 0 Å². The molecule has 0 radical (unpaired) electrons. The quantitative estimate of drug-likeness (QED) is 0.577. The van der Waals surface area contributed by atoms with Crippen LogP contribution in [0.15, 0.2) is 41.8 Å². The van der Waals surface area contributed by atoms with Crippen molar-refractivity contribution in [3.8, 4) is 0 Å². The van der Waals surface area contributed by atoms with Crippen molar-refractivity contribution in [2.75, 3.05) is 13.1 Å². The normalized spacial score (nSPS) is 19.0. The number of nitrogens with one attached hydrogen (secondary N) is 2. The van der Waals surface area contributed by atoms with E-state index in [0.29, 0.717) is 23.0 Å². The molecule has 3 rings (SSSR count). The van der Waals surface area contributed by atoms with E-state index in [1.165, 1.54) is 18.3 Å². The number of hydrogen-bond donors (Lipinski definition) is 3. The summed E-state index contributed by atoms with van der Waals surface area (Å²) >= 11 is 7.25. The van der Waals surface area contributed by atoms with Crippen LogP contribution < -0.4 is 16.4 Å². The molecule has 2 aromatic rings. The van der Waals surface area contributed by atoms with Crippen LogP contribution in [0.2, 0.25) is 4.34 Å². The Hall–Kier alpha value is -2.91. The van der Waals surface area contributed by atoms with E-state index in [1.807, 2.05) is 30.3 Å². The number of rotatable bonds is 7. The molecule has 4 N–H and O–H groups in total. The summed E-state index contributed by atoms with van der Waals surface area (Å²) in [5.74, 6) is -1.96. The van der Waals surface area contributed by atoms with Crippen LogP contribution in [-0.4, -0.2) is 53.7 Å². The molecular weight excluding hydrogens is 440 g/mol. The van der Waals surface area contributed by atoms with Gasteiger partial charge in [-0.3, -0.25) is 19.2 Å². The van der Waals surface area contributed by atoms with Gasteiger partial charge in [0.05, 0.1) is 22.4 Å². The molecule has 31 heavy (non-hydrogen) atoms. The number of likely N-dealkylation sites (tertiary alicyclic amines) is 1. The molecule has 4 amide bonds. The van der Waals surface area contributed by atoms with E-state index in [0.717, 1.165) is 5.56 Å². The molecule has 8 nitrogen and oxygen atoms in total. The second-order valence-corrected chi connectivity index (χ2v) is 8.94. The fourth-order valence-electron chi connectivity index (χ4n) is 3.68. The second-order valence-electron chi connectivity index (χ2n) is 7.40. The molecule has 0 aliphatic carbocycles. The van der Waals surface area contributed by atoms with Crippen molar-refractivity contribution < 1.29 is 19.2 Å². The zero-order valence-electron chi connectivity index (χ0n) is 16.8. The summed E-state index contributed by atoms with van der Waals surface area (Å²) in [6.07, 6.45) is -0.277. The maximum atomic E-state index is 12.9. The van der Waals surface area contributed by atoms with Gasteiger partial charge in [0.15, 0.2) is 0 Å². The maximum absolute atomic E-state index is 12.9. The molecule has 0 unspecified atom stereocenters. The number of halogens is 1. The van der Waals surface area contributed by atoms with Gasteiger partial charge in [-0.2, -0.15) is 0 Å². The number of carbonyl (C=O) groups excluding carboxylic acids is 4. The van der Waals surface area contributed by atoms with Crippen molar-refractivity contribution >= 4 is 46.6 Å². The summed E-state index contributed by atoms with van der Waals surface area (Å²) in [5.41, 5.74) is 6.79. The minimum atomic E-state index is -1.10. The number of amides is 4. The standard InChI is InChI=1S/C21H23ClN4O4S/c1-12(27)24-16(20(23)29)8-19(28)25-17-10-26(21(30)14-7-18(22)31-11-14)9-15(17)13-5-3-2-4-6-13/h2-7,11,15-17H,8-10H2,1H3,(H2,23,29)(H,24,27)(H,25,28)/t15-,16-,17+/m0/s1. The predicted molar refractivity (Wildman–Crippen MR) is 118 cm³/mol. The van der Waals surface area contributed by atoms with Crippen molar-refractivity contribution in [3.63, 3.8) is 0 Å². The van der Waals surface area contributed by atoms with E-state index in [-0.39, 0.29) is 24.3 Å². The Morgan fingerprint density at radius 3 is 2.52 bits per heavy atom. The van der Waals surface area contributed by atoms with Gasteiger partial charge in [0.25, 0.3) is 5.91 Å². The van der Waals surface area contributed by atoms with E-state index < -0.39 is 23.8 Å². The van der Waals surface area contributed by atoms with E-state index in [2.05, 4.69) is 10.6 Å². The van der Waals surface area contributed by atoms with Crippen LogP contribution in [0.5, 0.6) is 0 Å². The Kier molecular flexibility index (Phi) is 7.29. The predicted octanol–water partition coefficient (Wildman–Crippen LogP) is 1.51. The summed E-state index contributed by atoms with van der Waals surface area (Å²) in [7, 11) is 0. The van der Waals surface area contributed by atoms with Gasteiger partial charge >= 0.3 is 0 Å². The molecule has 3 atom stereocenters. The zero-order valence-corrected chi connectivity index (χ0v) is 18.4. The van der Waals surface area contributed by atoms with E-state index >= 15 is 0 Å². The first-order valence-corrected chi connectivity index (χ1v) is 10.9. The van der Waals surface area contributed by atoms with Crippen molar-refractivity contribution in [2.45, 2.75) is 31.3 Å². The Morgan fingerprint density at radius 1 is 1.23 bits per heavy atom. The molecule has 1 fully saturated rings. The Labute approximate surface area is 188 Å². The largest absolute Gasteiger partial charge is 0.368 e. The maximum Gasteiger partial charge on any atom is 0.254 e. The zero-order chi connectivity index (χ0) is 22.5. The Bertz CT molecular complexity index is 981. The molecule has 10 heteroatoms. The average molecular weight is 463 g/mol. The third-order valence-electron chi connectivity index (χ3n) is 5.11. The SMILES string of the molecule is CC(=O)N[C@@H](CC(=O)N[C@@H]1CN(C(=O)c2csc(Cl)c2)C[C@H]1c1ccccc1)C(N)=O. The first-order chi connectivity index (χ1) is 14.7. The smallest absolute Gasteiger partial charge is 0.254 e. The van der Waals surface area contributed by atoms with Gasteiger partial charge in [-0.15, -0.1) is 11.3 Å². The first-order valence-electron chi connectivity index (χ1n) is 9.68. The summed E-state index contributed by atoms with van der Waals surface area (Å²) in [6, 6.07) is 9.76. The molecule has 0 bridgehead atoms. The molecule has 1 aliphatic rings. The van der Waals surface area contributed by atoms with Crippen LogP contribution >= 0.6 is 22.9 Å². The van der Waals surface area contributed by atoms with E-state index in [9.17, 15) is 19.2 Å². The molecular formula is C21H23ClN4O4S. The highest BCUT2D eigenvalue weighted by Crippen LogP contribution is 2.30. The van der Waals surface area contributed by atoms with Gasteiger partial charge in [0, 0.05) is 31.3 Å². The van der Waals surface area contributed by atoms with Crippen LogP contribution in [0.25, 0.3) is 0 Å². The fourth-order valence-corrected chi connectivity index (χ4v) is 4.53. The highest BCUT2D eigenvalue weighted by molar-refractivity contribution is 7.14. The van der Waals surface area contributed by atoms with Crippen LogP contribution in [0, 0.1) is 0 Å². The van der Waals surface area contributed by atoms with Gasteiger partial charge in [-0.1, -0.05) is 41.9 Å². The average Bonchev–Trinajstić information content (AvgIpc) is 3.33. The number of primary amides is 1. The lowest BCUT2D eigenvalue weighted by Crippen LogP contribution is -2.48. The second kappa shape index (κ2) is 9.93. The number of nitrogens with two attached hydrogens (primary N) is 1.